The summed E-state index contributed by atoms with van der Waals surface area (Å²) >= 11 is 5.86. The maximum absolute atomic E-state index is 12.5. The minimum absolute atomic E-state index is 0.124. The molecule has 3 rings (SSSR count). The van der Waals surface area contributed by atoms with Crippen molar-refractivity contribution in [3.8, 4) is 5.75 Å². The van der Waals surface area contributed by atoms with Crippen LogP contribution < -0.4 is 10.2 Å². The highest BCUT2D eigenvalue weighted by Gasteiger charge is 2.30. The number of nitrogens with zero attached hydrogens (tertiary/aromatic N) is 2. The van der Waals surface area contributed by atoms with E-state index in [-0.39, 0.29) is 5.78 Å². The number of pyridine rings is 1. The van der Waals surface area contributed by atoms with E-state index in [1.165, 1.54) is 6.21 Å². The van der Waals surface area contributed by atoms with Crippen LogP contribution in [-0.4, -0.2) is 28.5 Å². The average Bonchev–Trinajstić information content (AvgIpc) is 2.75. The molecule has 0 saturated carbocycles. The molecule has 0 saturated heterocycles. The number of hydrogen-bond donors (Lipinski definition) is 1. The van der Waals surface area contributed by atoms with E-state index < -0.39 is 11.5 Å². The molecule has 7 heteroatoms. The van der Waals surface area contributed by atoms with Crippen LogP contribution in [0.25, 0.3) is 0 Å². The molecule has 0 atom stereocenters. The first-order valence-corrected chi connectivity index (χ1v) is 9.56. The van der Waals surface area contributed by atoms with Crippen molar-refractivity contribution in [2.75, 3.05) is 0 Å². The van der Waals surface area contributed by atoms with Crippen LogP contribution in [-0.2, 0) is 4.79 Å². The molecule has 1 aromatic heterocycles. The number of rotatable bonds is 7. The second-order valence-electron chi connectivity index (χ2n) is 6.95. The van der Waals surface area contributed by atoms with E-state index in [0.717, 1.165) is 5.56 Å². The van der Waals surface area contributed by atoms with Crippen LogP contribution >= 0.6 is 11.6 Å². The summed E-state index contributed by atoms with van der Waals surface area (Å²) in [5.74, 6) is -0.0734. The third-order valence-electron chi connectivity index (χ3n) is 4.23. The van der Waals surface area contributed by atoms with E-state index in [9.17, 15) is 9.59 Å². The summed E-state index contributed by atoms with van der Waals surface area (Å²) in [5, 5.41) is 4.51. The Labute approximate surface area is 179 Å². The van der Waals surface area contributed by atoms with E-state index >= 15 is 0 Å². The van der Waals surface area contributed by atoms with Gasteiger partial charge in [-0.1, -0.05) is 11.6 Å². The van der Waals surface area contributed by atoms with Crippen LogP contribution in [0.15, 0.2) is 78.2 Å². The lowest BCUT2D eigenvalue weighted by Gasteiger charge is -2.24. The molecular formula is C23H20ClN3O3. The number of halogens is 1. The Hall–Kier alpha value is -3.51. The first kappa shape index (κ1) is 21.2. The molecule has 0 aliphatic carbocycles. The van der Waals surface area contributed by atoms with Crippen molar-refractivity contribution < 1.29 is 14.3 Å². The van der Waals surface area contributed by atoms with E-state index in [2.05, 4.69) is 15.5 Å². The van der Waals surface area contributed by atoms with Crippen LogP contribution in [0, 0.1) is 0 Å². The average molecular weight is 422 g/mol. The van der Waals surface area contributed by atoms with Crippen molar-refractivity contribution in [1.82, 2.24) is 10.4 Å². The predicted octanol–water partition coefficient (Wildman–Crippen LogP) is 4.27. The van der Waals surface area contributed by atoms with Crippen LogP contribution in [0.3, 0.4) is 0 Å². The lowest BCUT2D eigenvalue weighted by atomic mass is 10.0. The van der Waals surface area contributed by atoms with E-state index in [4.69, 9.17) is 16.3 Å². The van der Waals surface area contributed by atoms with Gasteiger partial charge < -0.3 is 4.74 Å². The Kier molecular flexibility index (Phi) is 6.59. The SMILES string of the molecule is CC(C)(Oc1ccc(C(=O)c2ccc(Cl)cc2)cc1)C(=O)N/N=C/c1ccncc1. The Bertz CT molecular complexity index is 1050. The van der Waals surface area contributed by atoms with E-state index in [1.54, 1.807) is 86.9 Å². The monoisotopic (exact) mass is 421 g/mol. The molecule has 0 aliphatic heterocycles. The molecule has 0 fully saturated rings. The smallest absolute Gasteiger partial charge is 0.283 e. The first-order chi connectivity index (χ1) is 14.3. The third kappa shape index (κ3) is 5.52. The fourth-order valence-corrected chi connectivity index (χ4v) is 2.66. The first-order valence-electron chi connectivity index (χ1n) is 9.18. The number of aromatic nitrogens is 1. The van der Waals surface area contributed by atoms with E-state index in [0.29, 0.717) is 21.9 Å². The molecule has 1 N–H and O–H groups in total. The van der Waals surface area contributed by atoms with Gasteiger partial charge in [0.1, 0.15) is 5.75 Å². The Morgan fingerprint density at radius 3 is 2.13 bits per heavy atom. The quantitative estimate of drug-likeness (QED) is 0.351. The van der Waals surface area contributed by atoms with Crippen molar-refractivity contribution in [3.05, 3.63) is 94.8 Å². The number of carbonyl (C=O) groups excluding carboxylic acids is 2. The second-order valence-corrected chi connectivity index (χ2v) is 7.39. The maximum atomic E-state index is 12.5. The number of ketones is 1. The highest BCUT2D eigenvalue weighted by Crippen LogP contribution is 2.21. The summed E-state index contributed by atoms with van der Waals surface area (Å²) < 4.78 is 5.80. The minimum Gasteiger partial charge on any atom is -0.478 e. The summed E-state index contributed by atoms with van der Waals surface area (Å²) in [4.78, 5) is 28.9. The highest BCUT2D eigenvalue weighted by atomic mass is 35.5. The van der Waals surface area contributed by atoms with E-state index in [1.807, 2.05) is 0 Å². The van der Waals surface area contributed by atoms with Crippen LogP contribution in [0.5, 0.6) is 5.75 Å². The number of ether oxygens (including phenoxy) is 1. The van der Waals surface area contributed by atoms with Gasteiger partial charge in [0.15, 0.2) is 11.4 Å². The second kappa shape index (κ2) is 9.33. The van der Waals surface area contributed by atoms with Crippen molar-refractivity contribution in [2.24, 2.45) is 5.10 Å². The fourth-order valence-electron chi connectivity index (χ4n) is 2.53. The zero-order chi connectivity index (χ0) is 21.6. The zero-order valence-corrected chi connectivity index (χ0v) is 17.3. The van der Waals surface area contributed by atoms with Gasteiger partial charge in [-0.25, -0.2) is 5.43 Å². The molecule has 0 spiro atoms. The van der Waals surface area contributed by atoms with Crippen LogP contribution in [0.4, 0.5) is 0 Å². The van der Waals surface area contributed by atoms with Gasteiger partial charge in [-0.05, 0) is 80.1 Å². The summed E-state index contributed by atoms with van der Waals surface area (Å²) in [5.41, 5.74) is 3.16. The van der Waals surface area contributed by atoms with Crippen LogP contribution in [0.1, 0.15) is 35.3 Å². The fraction of sp³-hybridized carbons (Fsp3) is 0.130. The topological polar surface area (TPSA) is 80.7 Å². The standard InChI is InChI=1S/C23H20ClN3O3/c1-23(2,22(29)27-26-15-16-11-13-25-14-12-16)30-20-9-5-18(6-10-20)21(28)17-3-7-19(24)8-4-17/h3-15H,1-2H3,(H,27,29)/b26-15+. The van der Waals surface area contributed by atoms with Gasteiger partial charge in [0.25, 0.3) is 5.91 Å². The number of benzene rings is 2. The molecule has 6 nitrogen and oxygen atoms in total. The lowest BCUT2D eigenvalue weighted by Crippen LogP contribution is -2.44. The summed E-state index contributed by atoms with van der Waals surface area (Å²) in [6, 6.07) is 16.8. The Balaban J connectivity index is 1.61. The number of hydrogen-bond acceptors (Lipinski definition) is 5. The van der Waals surface area contributed by atoms with Crippen molar-refractivity contribution in [2.45, 2.75) is 19.4 Å². The molecule has 2 aromatic carbocycles. The Morgan fingerprint density at radius 2 is 1.53 bits per heavy atom. The molecule has 1 amide bonds. The summed E-state index contributed by atoms with van der Waals surface area (Å²) in [7, 11) is 0. The lowest BCUT2D eigenvalue weighted by molar-refractivity contribution is -0.134. The molecule has 0 aliphatic rings. The molecule has 0 bridgehead atoms. The third-order valence-corrected chi connectivity index (χ3v) is 4.48. The summed E-state index contributed by atoms with van der Waals surface area (Å²) in [6.07, 6.45) is 4.79. The summed E-state index contributed by atoms with van der Waals surface area (Å²) in [6.45, 7) is 3.27. The molecule has 1 heterocycles. The minimum atomic E-state index is -1.17. The molecule has 3 aromatic rings. The van der Waals surface area contributed by atoms with Gasteiger partial charge in [-0.15, -0.1) is 0 Å². The number of hydrazone groups is 1. The predicted molar refractivity (Wildman–Crippen MR) is 116 cm³/mol. The highest BCUT2D eigenvalue weighted by molar-refractivity contribution is 6.30. The van der Waals surface area contributed by atoms with Gasteiger partial charge in [-0.3, -0.25) is 14.6 Å². The molecular weight excluding hydrogens is 402 g/mol. The number of carbonyl (C=O) groups is 2. The molecule has 152 valence electrons. The molecule has 0 radical (unpaired) electrons. The van der Waals surface area contributed by atoms with Gasteiger partial charge in [0, 0.05) is 28.5 Å². The number of nitrogens with one attached hydrogen (secondary N) is 1. The zero-order valence-electron chi connectivity index (χ0n) is 16.5. The van der Waals surface area contributed by atoms with Gasteiger partial charge >= 0.3 is 0 Å². The maximum Gasteiger partial charge on any atom is 0.283 e. The molecule has 30 heavy (non-hydrogen) atoms. The van der Waals surface area contributed by atoms with Crippen molar-refractivity contribution in [1.29, 1.82) is 0 Å². The largest absolute Gasteiger partial charge is 0.478 e. The Morgan fingerprint density at radius 1 is 0.967 bits per heavy atom. The van der Waals surface area contributed by atoms with Crippen LogP contribution in [0.2, 0.25) is 5.02 Å². The van der Waals surface area contributed by atoms with Crippen molar-refractivity contribution >= 4 is 29.5 Å². The van der Waals surface area contributed by atoms with Crippen molar-refractivity contribution in [3.63, 3.8) is 0 Å². The molecule has 0 unspecified atom stereocenters. The van der Waals surface area contributed by atoms with Gasteiger partial charge in [-0.2, -0.15) is 5.10 Å². The normalized spacial score (nSPS) is 11.3. The number of amides is 1. The van der Waals surface area contributed by atoms with Gasteiger partial charge in [0.2, 0.25) is 0 Å². The van der Waals surface area contributed by atoms with Gasteiger partial charge in [0.05, 0.1) is 6.21 Å².